The first kappa shape index (κ1) is 21.3. The minimum absolute atomic E-state index is 0.250. The Kier molecular flexibility index (Phi) is 7.02. The van der Waals surface area contributed by atoms with Gasteiger partial charge in [-0.05, 0) is 65.2 Å². The summed E-state index contributed by atoms with van der Waals surface area (Å²) in [6.45, 7) is 3.91. The van der Waals surface area contributed by atoms with Gasteiger partial charge in [-0.2, -0.15) is 0 Å². The van der Waals surface area contributed by atoms with E-state index in [0.717, 1.165) is 23.2 Å². The van der Waals surface area contributed by atoms with Gasteiger partial charge in [-0.15, -0.1) is 5.10 Å². The van der Waals surface area contributed by atoms with Crippen LogP contribution in [0.3, 0.4) is 0 Å². The average molecular weight is 427 g/mol. The van der Waals surface area contributed by atoms with Crippen LogP contribution in [0.4, 0.5) is 11.4 Å². The molecular formula is C20H22N6O3S. The Bertz CT molecular complexity index is 1050. The summed E-state index contributed by atoms with van der Waals surface area (Å²) in [6.07, 6.45) is 2.39. The summed E-state index contributed by atoms with van der Waals surface area (Å²) < 4.78 is 13.7. The summed E-state index contributed by atoms with van der Waals surface area (Å²) in [6, 6.07) is 12.7. The molecule has 2 N–H and O–H groups in total. The molecule has 1 atom stereocenters. The van der Waals surface area contributed by atoms with Crippen LogP contribution in [-0.2, 0) is 26.8 Å². The Morgan fingerprint density at radius 1 is 1.00 bits per heavy atom. The zero-order valence-electron chi connectivity index (χ0n) is 16.7. The smallest absolute Gasteiger partial charge is 0.237 e. The van der Waals surface area contributed by atoms with Gasteiger partial charge in [0.05, 0.1) is 5.69 Å². The van der Waals surface area contributed by atoms with Gasteiger partial charge in [-0.3, -0.25) is 13.8 Å². The molecule has 0 aliphatic rings. The molecule has 0 aliphatic heterocycles. The summed E-state index contributed by atoms with van der Waals surface area (Å²) in [7, 11) is -1.62. The number of benzene rings is 2. The fourth-order valence-corrected chi connectivity index (χ4v) is 3.65. The summed E-state index contributed by atoms with van der Waals surface area (Å²) in [5, 5.41) is 16.4. The Balaban J connectivity index is 1.49. The summed E-state index contributed by atoms with van der Waals surface area (Å²) in [5.41, 5.74) is 4.00. The van der Waals surface area contributed by atoms with Gasteiger partial charge >= 0.3 is 0 Å². The Morgan fingerprint density at radius 3 is 2.20 bits per heavy atom. The van der Waals surface area contributed by atoms with Gasteiger partial charge in [0.2, 0.25) is 11.8 Å². The maximum atomic E-state index is 12.2. The van der Waals surface area contributed by atoms with Gasteiger partial charge in [-0.1, -0.05) is 19.1 Å². The van der Waals surface area contributed by atoms with Crippen molar-refractivity contribution in [2.45, 2.75) is 20.3 Å². The molecule has 0 unspecified atom stereocenters. The van der Waals surface area contributed by atoms with E-state index >= 15 is 0 Å². The lowest BCUT2D eigenvalue weighted by Crippen LogP contribution is -2.26. The number of rotatable bonds is 8. The van der Waals surface area contributed by atoms with E-state index < -0.39 is 22.6 Å². The number of tetrazole rings is 1. The third kappa shape index (κ3) is 5.80. The third-order valence-electron chi connectivity index (χ3n) is 4.31. The first-order chi connectivity index (χ1) is 14.4. The Morgan fingerprint density at radius 2 is 1.63 bits per heavy atom. The average Bonchev–Trinajstić information content (AvgIpc) is 3.22. The molecule has 2 amide bonds. The largest absolute Gasteiger partial charge is 0.325 e. The predicted molar refractivity (Wildman–Crippen MR) is 115 cm³/mol. The molecule has 3 rings (SSSR count). The highest BCUT2D eigenvalue weighted by molar-refractivity contribution is 7.86. The minimum atomic E-state index is -1.62. The second-order valence-electron chi connectivity index (χ2n) is 6.63. The normalized spacial score (nSPS) is 11.7. The van der Waals surface area contributed by atoms with Crippen LogP contribution < -0.4 is 10.6 Å². The Hall–Kier alpha value is -3.40. The number of amides is 2. The molecular weight excluding hydrogens is 404 g/mol. The SMILES string of the molecule is CCc1ccc(NC(=O)C[S@](=O)CC(=O)Nc2ccc(-n3cnnn3)c(C)c2)cc1. The van der Waals surface area contributed by atoms with Crippen molar-refractivity contribution in [2.75, 3.05) is 22.1 Å². The van der Waals surface area contributed by atoms with Crippen LogP contribution in [0.2, 0.25) is 0 Å². The van der Waals surface area contributed by atoms with E-state index in [9.17, 15) is 13.8 Å². The van der Waals surface area contributed by atoms with Crippen molar-refractivity contribution in [1.29, 1.82) is 0 Å². The molecule has 30 heavy (non-hydrogen) atoms. The van der Waals surface area contributed by atoms with Gasteiger partial charge in [-0.25, -0.2) is 4.68 Å². The summed E-state index contributed by atoms with van der Waals surface area (Å²) >= 11 is 0. The van der Waals surface area contributed by atoms with Crippen molar-refractivity contribution in [3.8, 4) is 5.69 Å². The van der Waals surface area contributed by atoms with Crippen LogP contribution in [0.15, 0.2) is 48.8 Å². The van der Waals surface area contributed by atoms with E-state index in [-0.39, 0.29) is 11.5 Å². The molecule has 1 aromatic heterocycles. The maximum Gasteiger partial charge on any atom is 0.237 e. The zero-order chi connectivity index (χ0) is 21.5. The van der Waals surface area contributed by atoms with Gasteiger partial charge in [0.25, 0.3) is 0 Å². The number of aryl methyl sites for hydroxylation is 2. The molecule has 2 aromatic carbocycles. The number of carbonyl (C=O) groups is 2. The highest BCUT2D eigenvalue weighted by atomic mass is 32.2. The molecule has 9 nitrogen and oxygen atoms in total. The number of nitrogens with one attached hydrogen (secondary N) is 2. The molecule has 0 spiro atoms. The van der Waals surface area contributed by atoms with Crippen LogP contribution in [0.5, 0.6) is 0 Å². The first-order valence-corrected chi connectivity index (χ1v) is 10.8. The number of hydrogen-bond acceptors (Lipinski definition) is 6. The first-order valence-electron chi connectivity index (χ1n) is 9.32. The van der Waals surface area contributed by atoms with Crippen molar-refractivity contribution in [3.63, 3.8) is 0 Å². The standard InChI is InChI=1S/C20H22N6O3S/c1-3-15-4-6-16(7-5-15)22-19(27)11-30(29)12-20(28)23-17-8-9-18(14(2)10-17)26-13-21-24-25-26/h4-10,13H,3,11-12H2,1-2H3,(H,22,27)(H,23,28)/t30-/m0/s1. The molecule has 0 aliphatic carbocycles. The second-order valence-corrected chi connectivity index (χ2v) is 8.09. The van der Waals surface area contributed by atoms with Gasteiger partial charge in [0.1, 0.15) is 17.8 Å². The highest BCUT2D eigenvalue weighted by Crippen LogP contribution is 2.18. The molecule has 0 saturated carbocycles. The minimum Gasteiger partial charge on any atom is -0.325 e. The van der Waals surface area contributed by atoms with Crippen molar-refractivity contribution in [3.05, 3.63) is 59.9 Å². The highest BCUT2D eigenvalue weighted by Gasteiger charge is 2.14. The van der Waals surface area contributed by atoms with E-state index in [2.05, 4.69) is 26.2 Å². The third-order valence-corrected chi connectivity index (χ3v) is 5.47. The van der Waals surface area contributed by atoms with Gasteiger partial charge < -0.3 is 10.6 Å². The lowest BCUT2D eigenvalue weighted by molar-refractivity contribution is -0.114. The lowest BCUT2D eigenvalue weighted by Gasteiger charge is -2.09. The number of anilines is 2. The summed E-state index contributed by atoms with van der Waals surface area (Å²) in [4.78, 5) is 24.2. The van der Waals surface area contributed by atoms with Crippen molar-refractivity contribution >= 4 is 34.0 Å². The number of aromatic nitrogens is 4. The van der Waals surface area contributed by atoms with E-state index in [1.54, 1.807) is 30.3 Å². The molecule has 3 aromatic rings. The second kappa shape index (κ2) is 9.88. The van der Waals surface area contributed by atoms with E-state index in [4.69, 9.17) is 0 Å². The molecule has 10 heteroatoms. The molecule has 1 heterocycles. The van der Waals surface area contributed by atoms with Crippen molar-refractivity contribution < 1.29 is 13.8 Å². The fourth-order valence-electron chi connectivity index (χ4n) is 2.82. The number of hydrogen-bond donors (Lipinski definition) is 2. The monoisotopic (exact) mass is 426 g/mol. The zero-order valence-corrected chi connectivity index (χ0v) is 17.5. The molecule has 0 radical (unpaired) electrons. The van der Waals surface area contributed by atoms with Crippen LogP contribution in [0.25, 0.3) is 5.69 Å². The van der Waals surface area contributed by atoms with Gasteiger partial charge in [0.15, 0.2) is 0 Å². The van der Waals surface area contributed by atoms with Crippen LogP contribution >= 0.6 is 0 Å². The fraction of sp³-hybridized carbons (Fsp3) is 0.250. The molecule has 156 valence electrons. The summed E-state index contributed by atoms with van der Waals surface area (Å²) in [5.74, 6) is -1.34. The quantitative estimate of drug-likeness (QED) is 0.567. The topological polar surface area (TPSA) is 119 Å². The van der Waals surface area contributed by atoms with E-state index in [1.807, 2.05) is 26.0 Å². The number of carbonyl (C=O) groups excluding carboxylic acids is 2. The van der Waals surface area contributed by atoms with Gasteiger partial charge in [0, 0.05) is 22.2 Å². The lowest BCUT2D eigenvalue weighted by atomic mass is 10.1. The molecule has 0 saturated heterocycles. The number of nitrogens with zero attached hydrogens (tertiary/aromatic N) is 4. The van der Waals surface area contributed by atoms with Crippen LogP contribution in [-0.4, -0.2) is 47.7 Å². The van der Waals surface area contributed by atoms with Crippen LogP contribution in [0, 0.1) is 6.92 Å². The van der Waals surface area contributed by atoms with Crippen molar-refractivity contribution in [1.82, 2.24) is 20.2 Å². The maximum absolute atomic E-state index is 12.2. The van der Waals surface area contributed by atoms with E-state index in [1.165, 1.54) is 11.0 Å². The van der Waals surface area contributed by atoms with Crippen LogP contribution in [0.1, 0.15) is 18.1 Å². The molecule has 0 bridgehead atoms. The Labute approximate surface area is 176 Å². The van der Waals surface area contributed by atoms with Crippen molar-refractivity contribution in [2.24, 2.45) is 0 Å². The molecule has 0 fully saturated rings. The predicted octanol–water partition coefficient (Wildman–Crippen LogP) is 1.86. The van der Waals surface area contributed by atoms with E-state index in [0.29, 0.717) is 11.4 Å².